The van der Waals surface area contributed by atoms with Crippen LogP contribution in [0.4, 0.5) is 0 Å². The highest BCUT2D eigenvalue weighted by Crippen LogP contribution is 2.38. The molecule has 0 N–H and O–H groups in total. The zero-order chi connectivity index (χ0) is 9.26. The number of hydrogen-bond acceptors (Lipinski definition) is 1. The molecule has 2 rings (SSSR count). The monoisotopic (exact) mass is 178 g/mol. The van der Waals surface area contributed by atoms with E-state index in [-0.39, 0.29) is 0 Å². The average Bonchev–Trinajstić information content (AvgIpc) is 2.53. The zero-order valence-electron chi connectivity index (χ0n) is 8.49. The fourth-order valence-corrected chi connectivity index (χ4v) is 2.73. The van der Waals surface area contributed by atoms with Crippen LogP contribution in [0.5, 0.6) is 0 Å². The van der Waals surface area contributed by atoms with Crippen LogP contribution in [-0.2, 0) is 0 Å². The highest BCUT2D eigenvalue weighted by atomic mass is 16.3. The van der Waals surface area contributed by atoms with Gasteiger partial charge in [0.2, 0.25) is 0 Å². The summed E-state index contributed by atoms with van der Waals surface area (Å²) in [5, 5.41) is 0. The molecule has 0 aromatic carbocycles. The molecule has 2 atom stereocenters. The van der Waals surface area contributed by atoms with Gasteiger partial charge in [-0.05, 0) is 48.6 Å². The van der Waals surface area contributed by atoms with Crippen LogP contribution in [0.25, 0.3) is 0 Å². The molecule has 1 aromatic heterocycles. The maximum Gasteiger partial charge on any atom is 0.0937 e. The topological polar surface area (TPSA) is 13.1 Å². The molecule has 72 valence electrons. The second kappa shape index (κ2) is 3.57. The van der Waals surface area contributed by atoms with Crippen molar-refractivity contribution in [3.05, 3.63) is 24.2 Å². The number of hydrogen-bond donors (Lipinski definition) is 0. The average molecular weight is 178 g/mol. The van der Waals surface area contributed by atoms with E-state index in [1.807, 2.05) is 6.26 Å². The van der Waals surface area contributed by atoms with Crippen LogP contribution >= 0.6 is 0 Å². The standard InChI is InChI=1S/C12H18O/c1-9-5-10(2)7-12(6-9)11-3-4-13-8-11/h3-4,8-10,12H,5-7H2,1-2H3. The molecule has 1 aromatic rings. The fraction of sp³-hybridized carbons (Fsp3) is 0.667. The van der Waals surface area contributed by atoms with Gasteiger partial charge in [-0.25, -0.2) is 0 Å². The van der Waals surface area contributed by atoms with Gasteiger partial charge in [-0.2, -0.15) is 0 Å². The fourth-order valence-electron chi connectivity index (χ4n) is 2.73. The van der Waals surface area contributed by atoms with Crippen LogP contribution in [-0.4, -0.2) is 0 Å². The van der Waals surface area contributed by atoms with Crippen molar-refractivity contribution in [1.82, 2.24) is 0 Å². The molecular weight excluding hydrogens is 160 g/mol. The van der Waals surface area contributed by atoms with Crippen LogP contribution in [0, 0.1) is 11.8 Å². The molecule has 1 fully saturated rings. The largest absolute Gasteiger partial charge is 0.472 e. The van der Waals surface area contributed by atoms with E-state index < -0.39 is 0 Å². The van der Waals surface area contributed by atoms with Crippen molar-refractivity contribution >= 4 is 0 Å². The van der Waals surface area contributed by atoms with E-state index in [0.29, 0.717) is 0 Å². The minimum atomic E-state index is 0.748. The summed E-state index contributed by atoms with van der Waals surface area (Å²) in [5.74, 6) is 2.50. The lowest BCUT2D eigenvalue weighted by atomic mass is 9.74. The Morgan fingerprint density at radius 2 is 1.85 bits per heavy atom. The van der Waals surface area contributed by atoms with Crippen molar-refractivity contribution in [1.29, 1.82) is 0 Å². The summed E-state index contributed by atoms with van der Waals surface area (Å²) in [5.41, 5.74) is 1.40. The smallest absolute Gasteiger partial charge is 0.0937 e. The molecular formula is C12H18O. The van der Waals surface area contributed by atoms with Crippen molar-refractivity contribution in [2.45, 2.75) is 39.0 Å². The second-order valence-corrected chi connectivity index (χ2v) is 4.67. The predicted molar refractivity (Wildman–Crippen MR) is 53.6 cm³/mol. The van der Waals surface area contributed by atoms with E-state index in [0.717, 1.165) is 17.8 Å². The molecule has 2 unspecified atom stereocenters. The molecule has 0 radical (unpaired) electrons. The van der Waals surface area contributed by atoms with Gasteiger partial charge in [0.25, 0.3) is 0 Å². The van der Waals surface area contributed by atoms with Gasteiger partial charge in [0, 0.05) is 0 Å². The Bertz CT molecular complexity index is 240. The quantitative estimate of drug-likeness (QED) is 0.637. The summed E-state index contributed by atoms with van der Waals surface area (Å²) in [6, 6.07) is 2.12. The lowest BCUT2D eigenvalue weighted by Gasteiger charge is -2.30. The van der Waals surface area contributed by atoms with Crippen LogP contribution < -0.4 is 0 Å². The van der Waals surface area contributed by atoms with Gasteiger partial charge in [0.1, 0.15) is 0 Å². The van der Waals surface area contributed by atoms with Gasteiger partial charge in [-0.1, -0.05) is 13.8 Å². The van der Waals surface area contributed by atoms with Crippen molar-refractivity contribution in [3.63, 3.8) is 0 Å². The van der Waals surface area contributed by atoms with Crippen LogP contribution in [0.15, 0.2) is 23.0 Å². The number of furan rings is 1. The van der Waals surface area contributed by atoms with Crippen molar-refractivity contribution < 1.29 is 4.42 Å². The van der Waals surface area contributed by atoms with Crippen molar-refractivity contribution in [2.75, 3.05) is 0 Å². The molecule has 1 heteroatoms. The van der Waals surface area contributed by atoms with E-state index in [2.05, 4.69) is 19.9 Å². The van der Waals surface area contributed by atoms with Gasteiger partial charge in [0.15, 0.2) is 0 Å². The van der Waals surface area contributed by atoms with Crippen LogP contribution in [0.3, 0.4) is 0 Å². The summed E-state index contributed by atoms with van der Waals surface area (Å²) in [6.07, 6.45) is 7.77. The third kappa shape index (κ3) is 1.96. The highest BCUT2D eigenvalue weighted by Gasteiger charge is 2.25. The lowest BCUT2D eigenvalue weighted by Crippen LogP contribution is -2.17. The van der Waals surface area contributed by atoms with Crippen LogP contribution in [0.2, 0.25) is 0 Å². The van der Waals surface area contributed by atoms with Crippen LogP contribution in [0.1, 0.15) is 44.6 Å². The molecule has 0 spiro atoms. The first kappa shape index (κ1) is 8.86. The Labute approximate surface area is 80.1 Å². The van der Waals surface area contributed by atoms with E-state index in [1.165, 1.54) is 24.8 Å². The molecule has 13 heavy (non-hydrogen) atoms. The Morgan fingerprint density at radius 1 is 1.15 bits per heavy atom. The molecule has 1 saturated carbocycles. The molecule has 0 bridgehead atoms. The van der Waals surface area contributed by atoms with E-state index in [1.54, 1.807) is 6.26 Å². The van der Waals surface area contributed by atoms with Gasteiger partial charge in [-0.15, -0.1) is 0 Å². The maximum atomic E-state index is 5.14. The summed E-state index contributed by atoms with van der Waals surface area (Å²) in [6.45, 7) is 4.73. The maximum absolute atomic E-state index is 5.14. The van der Waals surface area contributed by atoms with Gasteiger partial charge in [-0.3, -0.25) is 0 Å². The summed E-state index contributed by atoms with van der Waals surface area (Å²) in [4.78, 5) is 0. The normalized spacial score (nSPS) is 34.8. The van der Waals surface area contributed by atoms with E-state index in [9.17, 15) is 0 Å². The van der Waals surface area contributed by atoms with Crippen molar-refractivity contribution in [3.8, 4) is 0 Å². The van der Waals surface area contributed by atoms with Crippen molar-refractivity contribution in [2.24, 2.45) is 11.8 Å². The van der Waals surface area contributed by atoms with E-state index in [4.69, 9.17) is 4.42 Å². The second-order valence-electron chi connectivity index (χ2n) is 4.67. The Balaban J connectivity index is 2.07. The van der Waals surface area contributed by atoms with Gasteiger partial charge in [0.05, 0.1) is 12.5 Å². The molecule has 0 amide bonds. The predicted octanol–water partition coefficient (Wildman–Crippen LogP) is 3.82. The Morgan fingerprint density at radius 3 is 2.38 bits per heavy atom. The lowest BCUT2D eigenvalue weighted by molar-refractivity contribution is 0.267. The summed E-state index contributed by atoms with van der Waals surface area (Å²) >= 11 is 0. The highest BCUT2D eigenvalue weighted by molar-refractivity contribution is 5.13. The summed E-state index contributed by atoms with van der Waals surface area (Å²) < 4.78 is 5.14. The Kier molecular flexibility index (Phi) is 2.43. The Hall–Kier alpha value is -0.720. The molecule has 1 heterocycles. The molecule has 1 aliphatic rings. The third-order valence-corrected chi connectivity index (χ3v) is 3.19. The SMILES string of the molecule is CC1CC(C)CC(c2ccoc2)C1. The number of rotatable bonds is 1. The molecule has 0 saturated heterocycles. The first-order chi connectivity index (χ1) is 6.25. The summed E-state index contributed by atoms with van der Waals surface area (Å²) in [7, 11) is 0. The molecule has 0 aliphatic heterocycles. The minimum absolute atomic E-state index is 0.748. The first-order valence-corrected chi connectivity index (χ1v) is 5.27. The zero-order valence-corrected chi connectivity index (χ0v) is 8.49. The first-order valence-electron chi connectivity index (χ1n) is 5.27. The minimum Gasteiger partial charge on any atom is -0.472 e. The van der Waals surface area contributed by atoms with E-state index >= 15 is 0 Å². The molecule has 1 aliphatic carbocycles. The van der Waals surface area contributed by atoms with Gasteiger partial charge < -0.3 is 4.42 Å². The van der Waals surface area contributed by atoms with Gasteiger partial charge >= 0.3 is 0 Å². The molecule has 1 nitrogen and oxygen atoms in total. The third-order valence-electron chi connectivity index (χ3n) is 3.19.